The minimum atomic E-state index is -4.39. The number of ether oxygens (including phenoxy) is 2. The fraction of sp³-hybridized carbons (Fsp3) is 0.611. The molecule has 0 saturated carbocycles. The fourth-order valence-electron chi connectivity index (χ4n) is 1.88. The number of benzene rings is 1. The summed E-state index contributed by atoms with van der Waals surface area (Å²) in [6.45, 7) is 6.91. The van der Waals surface area contributed by atoms with Crippen molar-refractivity contribution in [3.8, 4) is 5.75 Å². The van der Waals surface area contributed by atoms with Crippen LogP contribution in [0.4, 0.5) is 13.2 Å². The van der Waals surface area contributed by atoms with E-state index < -0.39 is 23.4 Å². The Hall–Kier alpha value is -1.27. The van der Waals surface area contributed by atoms with Crippen molar-refractivity contribution in [2.24, 2.45) is 4.99 Å². The molecule has 0 aliphatic rings. The van der Waals surface area contributed by atoms with Gasteiger partial charge in [0.1, 0.15) is 18.5 Å². The molecule has 6 nitrogen and oxygen atoms in total. The maximum Gasteiger partial charge on any atom is 0.416 e. The molecular weight excluding hydrogens is 490 g/mol. The lowest BCUT2D eigenvalue weighted by Crippen LogP contribution is -2.43. The maximum atomic E-state index is 12.5. The van der Waals surface area contributed by atoms with Crippen LogP contribution in [0.15, 0.2) is 29.3 Å². The van der Waals surface area contributed by atoms with Gasteiger partial charge in [0.15, 0.2) is 5.96 Å². The van der Waals surface area contributed by atoms with E-state index in [-0.39, 0.29) is 42.9 Å². The molecule has 1 rings (SSSR count). The van der Waals surface area contributed by atoms with Crippen molar-refractivity contribution in [2.75, 3.05) is 33.4 Å². The number of methoxy groups -OCH3 is 1. The van der Waals surface area contributed by atoms with Crippen LogP contribution in [0.2, 0.25) is 0 Å². The zero-order valence-electron chi connectivity index (χ0n) is 16.5. The second-order valence-electron chi connectivity index (χ2n) is 6.53. The fourth-order valence-corrected chi connectivity index (χ4v) is 1.88. The number of alkyl halides is 3. The molecule has 1 aromatic carbocycles. The quantitative estimate of drug-likeness (QED) is 0.266. The predicted molar refractivity (Wildman–Crippen MR) is 113 cm³/mol. The van der Waals surface area contributed by atoms with Gasteiger partial charge in [-0.2, -0.15) is 13.2 Å². The van der Waals surface area contributed by atoms with Crippen molar-refractivity contribution in [3.05, 3.63) is 29.8 Å². The second kappa shape index (κ2) is 12.3. The molecule has 1 unspecified atom stereocenters. The highest BCUT2D eigenvalue weighted by Gasteiger charge is 2.30. The molecule has 3 N–H and O–H groups in total. The van der Waals surface area contributed by atoms with Gasteiger partial charge in [-0.25, -0.2) is 0 Å². The number of rotatable bonds is 9. The summed E-state index contributed by atoms with van der Waals surface area (Å²) in [6.07, 6.45) is -5.26. The van der Waals surface area contributed by atoms with Crippen LogP contribution in [0.3, 0.4) is 0 Å². The topological polar surface area (TPSA) is 75.1 Å². The van der Waals surface area contributed by atoms with E-state index in [1.54, 1.807) is 7.11 Å². The number of hydrogen-bond acceptors (Lipinski definition) is 4. The van der Waals surface area contributed by atoms with Gasteiger partial charge in [-0.1, -0.05) is 0 Å². The minimum Gasteiger partial charge on any atom is -0.491 e. The van der Waals surface area contributed by atoms with E-state index in [0.717, 1.165) is 12.1 Å². The molecule has 0 amide bonds. The van der Waals surface area contributed by atoms with E-state index in [4.69, 9.17) is 9.47 Å². The van der Waals surface area contributed by atoms with Crippen LogP contribution in [0.5, 0.6) is 5.75 Å². The second-order valence-corrected chi connectivity index (χ2v) is 6.53. The summed E-state index contributed by atoms with van der Waals surface area (Å²) in [7, 11) is 1.61. The highest BCUT2D eigenvalue weighted by atomic mass is 127. The van der Waals surface area contributed by atoms with E-state index >= 15 is 0 Å². The molecule has 0 aromatic heterocycles. The Morgan fingerprint density at radius 2 is 1.79 bits per heavy atom. The monoisotopic (exact) mass is 519 g/mol. The summed E-state index contributed by atoms with van der Waals surface area (Å²) in [5, 5.41) is 16.1. The Balaban J connectivity index is 0.00000729. The third kappa shape index (κ3) is 10.3. The first-order valence-electron chi connectivity index (χ1n) is 8.63. The summed E-state index contributed by atoms with van der Waals surface area (Å²) < 4.78 is 48.2. The molecule has 0 fully saturated rings. The van der Waals surface area contributed by atoms with E-state index in [1.807, 2.05) is 20.8 Å². The average molecular weight is 519 g/mol. The first kappa shape index (κ1) is 26.7. The lowest BCUT2D eigenvalue weighted by Gasteiger charge is -2.21. The molecule has 0 aliphatic heterocycles. The van der Waals surface area contributed by atoms with Gasteiger partial charge in [0, 0.05) is 20.2 Å². The van der Waals surface area contributed by atoms with E-state index in [0.29, 0.717) is 19.0 Å². The molecule has 1 atom stereocenters. The van der Waals surface area contributed by atoms with Crippen LogP contribution in [-0.4, -0.2) is 56.1 Å². The molecule has 0 heterocycles. The molecule has 1 aromatic rings. The van der Waals surface area contributed by atoms with Crippen molar-refractivity contribution < 1.29 is 27.8 Å². The zero-order chi connectivity index (χ0) is 20.5. The van der Waals surface area contributed by atoms with Crippen molar-refractivity contribution in [1.82, 2.24) is 10.6 Å². The Kier molecular flexibility index (Phi) is 11.8. The zero-order valence-corrected chi connectivity index (χ0v) is 18.8. The maximum absolute atomic E-state index is 12.5. The largest absolute Gasteiger partial charge is 0.491 e. The van der Waals surface area contributed by atoms with Crippen LogP contribution in [0.1, 0.15) is 26.3 Å². The number of aliphatic imine (C=N–C) groups is 1. The predicted octanol–water partition coefficient (Wildman–Crippen LogP) is 3.04. The third-order valence-corrected chi connectivity index (χ3v) is 3.64. The standard InChI is InChI=1S/C18H28F3N3O3.HI/c1-5-22-16(24-12-17(2,3)26-4)23-10-14(25)11-27-15-8-6-13(7-9-15)18(19,20)21;/h6-9,14,25H,5,10-12H2,1-4H3,(H2,22,23,24);1H. The van der Waals surface area contributed by atoms with Crippen molar-refractivity contribution in [2.45, 2.75) is 38.7 Å². The number of halogens is 4. The highest BCUT2D eigenvalue weighted by Crippen LogP contribution is 2.30. The minimum absolute atomic E-state index is 0. The summed E-state index contributed by atoms with van der Waals surface area (Å²) in [6, 6.07) is 4.32. The smallest absolute Gasteiger partial charge is 0.416 e. The summed E-state index contributed by atoms with van der Waals surface area (Å²) in [5.41, 5.74) is -1.16. The van der Waals surface area contributed by atoms with Crippen LogP contribution in [-0.2, 0) is 10.9 Å². The van der Waals surface area contributed by atoms with E-state index in [2.05, 4.69) is 15.6 Å². The SMILES string of the molecule is CCNC(=NCC(C)(C)OC)NCC(O)COc1ccc(C(F)(F)F)cc1.I. The Bertz CT molecular complexity index is 596. The lowest BCUT2D eigenvalue weighted by atomic mass is 10.1. The van der Waals surface area contributed by atoms with E-state index in [1.165, 1.54) is 12.1 Å². The van der Waals surface area contributed by atoms with Gasteiger partial charge in [0.05, 0.1) is 17.7 Å². The van der Waals surface area contributed by atoms with Gasteiger partial charge in [-0.05, 0) is 45.0 Å². The number of nitrogens with zero attached hydrogens (tertiary/aromatic N) is 1. The summed E-state index contributed by atoms with van der Waals surface area (Å²) in [4.78, 5) is 4.39. The van der Waals surface area contributed by atoms with Gasteiger partial charge in [-0.3, -0.25) is 4.99 Å². The van der Waals surface area contributed by atoms with Gasteiger partial charge in [0.2, 0.25) is 0 Å². The molecule has 0 aliphatic carbocycles. The van der Waals surface area contributed by atoms with Crippen LogP contribution >= 0.6 is 24.0 Å². The van der Waals surface area contributed by atoms with Crippen LogP contribution in [0.25, 0.3) is 0 Å². The number of nitrogens with one attached hydrogen (secondary N) is 2. The van der Waals surface area contributed by atoms with Gasteiger partial charge in [-0.15, -0.1) is 24.0 Å². The lowest BCUT2D eigenvalue weighted by molar-refractivity contribution is -0.137. The molecule has 0 radical (unpaired) electrons. The molecule has 162 valence electrons. The average Bonchev–Trinajstić information content (AvgIpc) is 2.62. The van der Waals surface area contributed by atoms with Crippen LogP contribution < -0.4 is 15.4 Å². The first-order chi connectivity index (χ1) is 12.6. The van der Waals surface area contributed by atoms with Gasteiger partial charge < -0.3 is 25.2 Å². The molecule has 10 heteroatoms. The number of guanidine groups is 1. The molecular formula is C18H29F3IN3O3. The third-order valence-electron chi connectivity index (χ3n) is 3.64. The number of aliphatic hydroxyl groups is 1. The van der Waals surface area contributed by atoms with Crippen LogP contribution in [0, 0.1) is 0 Å². The molecule has 28 heavy (non-hydrogen) atoms. The van der Waals surface area contributed by atoms with Gasteiger partial charge in [0.25, 0.3) is 0 Å². The van der Waals surface area contributed by atoms with E-state index in [9.17, 15) is 18.3 Å². The highest BCUT2D eigenvalue weighted by molar-refractivity contribution is 14.0. The normalized spacial score (nSPS) is 13.5. The number of hydrogen-bond donors (Lipinski definition) is 3. The van der Waals surface area contributed by atoms with Crippen molar-refractivity contribution >= 4 is 29.9 Å². The van der Waals surface area contributed by atoms with Gasteiger partial charge >= 0.3 is 6.18 Å². The Morgan fingerprint density at radius 1 is 1.18 bits per heavy atom. The summed E-state index contributed by atoms with van der Waals surface area (Å²) >= 11 is 0. The summed E-state index contributed by atoms with van der Waals surface area (Å²) in [5.74, 6) is 0.778. The molecule has 0 bridgehead atoms. The molecule has 0 spiro atoms. The Labute approximate surface area is 180 Å². The first-order valence-corrected chi connectivity index (χ1v) is 8.63. The Morgan fingerprint density at radius 3 is 2.29 bits per heavy atom. The number of aliphatic hydroxyl groups excluding tert-OH is 1. The molecule has 0 saturated heterocycles. The van der Waals surface area contributed by atoms with Crippen molar-refractivity contribution in [3.63, 3.8) is 0 Å². The van der Waals surface area contributed by atoms with Crippen molar-refractivity contribution in [1.29, 1.82) is 0 Å².